The van der Waals surface area contributed by atoms with E-state index in [0.717, 1.165) is 0 Å². The van der Waals surface area contributed by atoms with Gasteiger partial charge in [0.05, 0.1) is 14.2 Å². The van der Waals surface area contributed by atoms with Gasteiger partial charge in [-0.05, 0) is 19.2 Å². The molecule has 1 rings (SSSR count). The summed E-state index contributed by atoms with van der Waals surface area (Å²) >= 11 is 0. The quantitative estimate of drug-likeness (QED) is 0.824. The van der Waals surface area contributed by atoms with Crippen LogP contribution in [0.1, 0.15) is 0 Å². The Balaban J connectivity index is 3.49. The Kier molecular flexibility index (Phi) is 3.54. The second-order valence-corrected chi connectivity index (χ2v) is 4.52. The Morgan fingerprint density at radius 3 is 1.93 bits per heavy atom. The maximum atomic E-state index is 11.7. The van der Waals surface area contributed by atoms with Crippen molar-refractivity contribution in [1.82, 2.24) is 4.72 Å². The Bertz CT molecular complexity index is 419. The van der Waals surface area contributed by atoms with Crippen LogP contribution in [0.15, 0.2) is 23.1 Å². The summed E-state index contributed by atoms with van der Waals surface area (Å²) in [6.45, 7) is 0. The molecule has 0 heterocycles. The first-order valence-electron chi connectivity index (χ1n) is 4.21. The van der Waals surface area contributed by atoms with E-state index in [4.69, 9.17) is 9.47 Å². The van der Waals surface area contributed by atoms with E-state index in [-0.39, 0.29) is 16.4 Å². The molecule has 0 saturated heterocycles. The number of hydrogen-bond acceptors (Lipinski definition) is 4. The molecule has 0 atom stereocenters. The Morgan fingerprint density at radius 2 is 1.60 bits per heavy atom. The van der Waals surface area contributed by atoms with Gasteiger partial charge in [-0.25, -0.2) is 13.1 Å². The van der Waals surface area contributed by atoms with Crippen molar-refractivity contribution in [3.8, 4) is 11.5 Å². The zero-order valence-corrected chi connectivity index (χ0v) is 9.59. The van der Waals surface area contributed by atoms with Crippen molar-refractivity contribution >= 4 is 10.0 Å². The molecule has 1 aromatic carbocycles. The molecule has 0 aliphatic carbocycles. The minimum absolute atomic E-state index is 0.0116. The van der Waals surface area contributed by atoms with Gasteiger partial charge in [-0.2, -0.15) is 0 Å². The van der Waals surface area contributed by atoms with E-state index < -0.39 is 10.0 Å². The van der Waals surface area contributed by atoms with Crippen molar-refractivity contribution in [3.63, 3.8) is 0 Å². The molecule has 84 valence electrons. The third-order valence-corrected chi connectivity index (χ3v) is 3.40. The van der Waals surface area contributed by atoms with Crippen molar-refractivity contribution in [3.05, 3.63) is 18.2 Å². The molecule has 0 saturated carbocycles. The summed E-state index contributed by atoms with van der Waals surface area (Å²) in [6.07, 6.45) is 0. The molecule has 0 amide bonds. The number of nitrogens with one attached hydrogen (secondary N) is 1. The van der Waals surface area contributed by atoms with Crippen molar-refractivity contribution in [1.29, 1.82) is 0 Å². The lowest BCUT2D eigenvalue weighted by atomic mass is 10.3. The van der Waals surface area contributed by atoms with Crippen LogP contribution in [0, 0.1) is 0 Å². The smallest absolute Gasteiger partial charge is 0.247 e. The molecule has 0 spiro atoms. The number of methoxy groups -OCH3 is 2. The van der Waals surface area contributed by atoms with Crippen LogP contribution in [-0.2, 0) is 10.0 Å². The molecular weight excluding hydrogens is 218 g/mol. The fraction of sp³-hybridized carbons (Fsp3) is 0.333. The SMILES string of the molecule is CNS(=O)(=O)c1c(OC)cccc1OC. The van der Waals surface area contributed by atoms with E-state index >= 15 is 0 Å². The van der Waals surface area contributed by atoms with E-state index in [1.165, 1.54) is 21.3 Å². The molecule has 0 aliphatic heterocycles. The first-order chi connectivity index (χ1) is 7.06. The minimum atomic E-state index is -3.58. The van der Waals surface area contributed by atoms with Gasteiger partial charge in [0, 0.05) is 0 Å². The highest BCUT2D eigenvalue weighted by atomic mass is 32.2. The van der Waals surface area contributed by atoms with Gasteiger partial charge in [0.2, 0.25) is 10.0 Å². The number of ether oxygens (including phenoxy) is 2. The van der Waals surface area contributed by atoms with E-state index in [9.17, 15) is 8.42 Å². The molecule has 0 radical (unpaired) electrons. The van der Waals surface area contributed by atoms with Gasteiger partial charge < -0.3 is 9.47 Å². The molecule has 6 heteroatoms. The molecule has 0 aromatic heterocycles. The summed E-state index contributed by atoms with van der Waals surface area (Å²) < 4.78 is 35.6. The fourth-order valence-corrected chi connectivity index (χ4v) is 2.22. The van der Waals surface area contributed by atoms with Crippen LogP contribution in [0.3, 0.4) is 0 Å². The molecule has 15 heavy (non-hydrogen) atoms. The van der Waals surface area contributed by atoms with Gasteiger partial charge in [-0.15, -0.1) is 0 Å². The fourth-order valence-electron chi connectivity index (χ4n) is 1.18. The lowest BCUT2D eigenvalue weighted by molar-refractivity contribution is 0.373. The van der Waals surface area contributed by atoms with Gasteiger partial charge in [0.25, 0.3) is 0 Å². The summed E-state index contributed by atoms with van der Waals surface area (Å²) in [6, 6.07) is 4.78. The Hall–Kier alpha value is -1.27. The largest absolute Gasteiger partial charge is 0.495 e. The molecule has 1 aromatic rings. The van der Waals surface area contributed by atoms with Gasteiger partial charge in [0.1, 0.15) is 11.5 Å². The Morgan fingerprint density at radius 1 is 1.13 bits per heavy atom. The average molecular weight is 231 g/mol. The average Bonchev–Trinajstić information content (AvgIpc) is 2.27. The van der Waals surface area contributed by atoms with E-state index in [0.29, 0.717) is 0 Å². The van der Waals surface area contributed by atoms with Crippen molar-refractivity contribution in [2.75, 3.05) is 21.3 Å². The predicted octanol–water partition coefficient (Wildman–Crippen LogP) is 0.612. The normalized spacial score (nSPS) is 11.1. The second kappa shape index (κ2) is 4.50. The van der Waals surface area contributed by atoms with Crippen molar-refractivity contribution < 1.29 is 17.9 Å². The predicted molar refractivity (Wildman–Crippen MR) is 55.8 cm³/mol. The highest BCUT2D eigenvalue weighted by Crippen LogP contribution is 2.32. The third kappa shape index (κ3) is 2.21. The van der Waals surface area contributed by atoms with Gasteiger partial charge >= 0.3 is 0 Å². The summed E-state index contributed by atoms with van der Waals surface area (Å²) in [5.41, 5.74) is 0. The second-order valence-electron chi connectivity index (χ2n) is 2.70. The first-order valence-corrected chi connectivity index (χ1v) is 5.69. The maximum absolute atomic E-state index is 11.7. The van der Waals surface area contributed by atoms with Crippen LogP contribution in [0.2, 0.25) is 0 Å². The monoisotopic (exact) mass is 231 g/mol. The van der Waals surface area contributed by atoms with Crippen LogP contribution in [0.25, 0.3) is 0 Å². The third-order valence-electron chi connectivity index (χ3n) is 1.92. The van der Waals surface area contributed by atoms with Gasteiger partial charge in [0.15, 0.2) is 4.90 Å². The van der Waals surface area contributed by atoms with E-state index in [1.54, 1.807) is 18.2 Å². The summed E-state index contributed by atoms with van der Waals surface area (Å²) in [5, 5.41) is 0. The number of hydrogen-bond donors (Lipinski definition) is 1. The summed E-state index contributed by atoms with van der Waals surface area (Å²) in [5.74, 6) is 0.507. The standard InChI is InChI=1S/C9H13NO4S/c1-10-15(11,12)9-7(13-2)5-4-6-8(9)14-3/h4-6,10H,1-3H3. The molecule has 0 aliphatic rings. The van der Waals surface area contributed by atoms with Crippen LogP contribution >= 0.6 is 0 Å². The molecule has 1 N–H and O–H groups in total. The lowest BCUT2D eigenvalue weighted by Gasteiger charge is -2.12. The molecule has 0 fully saturated rings. The molecule has 0 bridgehead atoms. The van der Waals surface area contributed by atoms with E-state index in [2.05, 4.69) is 4.72 Å². The number of rotatable bonds is 4. The highest BCUT2D eigenvalue weighted by molar-refractivity contribution is 7.89. The molecule has 5 nitrogen and oxygen atoms in total. The summed E-state index contributed by atoms with van der Waals surface area (Å²) in [4.78, 5) is 0.0116. The minimum Gasteiger partial charge on any atom is -0.495 e. The van der Waals surface area contributed by atoms with Crippen molar-refractivity contribution in [2.24, 2.45) is 0 Å². The van der Waals surface area contributed by atoms with Crippen molar-refractivity contribution in [2.45, 2.75) is 4.90 Å². The molecular formula is C9H13NO4S. The van der Waals surface area contributed by atoms with Gasteiger partial charge in [-0.1, -0.05) is 6.07 Å². The van der Waals surface area contributed by atoms with Crippen LogP contribution in [-0.4, -0.2) is 29.7 Å². The van der Waals surface area contributed by atoms with Gasteiger partial charge in [-0.3, -0.25) is 0 Å². The maximum Gasteiger partial charge on any atom is 0.247 e. The molecule has 0 unspecified atom stereocenters. The highest BCUT2D eigenvalue weighted by Gasteiger charge is 2.22. The number of benzene rings is 1. The van der Waals surface area contributed by atoms with E-state index in [1.807, 2.05) is 0 Å². The summed E-state index contributed by atoms with van der Waals surface area (Å²) in [7, 11) is 0.563. The van der Waals surface area contributed by atoms with Crippen LogP contribution < -0.4 is 14.2 Å². The Labute approximate surface area is 89.1 Å². The van der Waals surface area contributed by atoms with Crippen LogP contribution in [0.4, 0.5) is 0 Å². The number of sulfonamides is 1. The lowest BCUT2D eigenvalue weighted by Crippen LogP contribution is -2.20. The van der Waals surface area contributed by atoms with Crippen LogP contribution in [0.5, 0.6) is 11.5 Å². The zero-order chi connectivity index (χ0) is 11.5. The first kappa shape index (κ1) is 11.8. The zero-order valence-electron chi connectivity index (χ0n) is 8.77. The topological polar surface area (TPSA) is 64.6 Å².